The van der Waals surface area contributed by atoms with E-state index >= 15 is 0 Å². The lowest BCUT2D eigenvalue weighted by molar-refractivity contribution is -0.118. The van der Waals surface area contributed by atoms with Crippen molar-refractivity contribution in [3.05, 3.63) is 53.6 Å². The Morgan fingerprint density at radius 3 is 2.38 bits per heavy atom. The van der Waals surface area contributed by atoms with Crippen LogP contribution in [-0.2, 0) is 11.2 Å². The summed E-state index contributed by atoms with van der Waals surface area (Å²) < 4.78 is 10.5. The van der Waals surface area contributed by atoms with Gasteiger partial charge in [0.25, 0.3) is 5.91 Å². The Kier molecular flexibility index (Phi) is 5.11. The molecule has 0 radical (unpaired) electrons. The van der Waals surface area contributed by atoms with E-state index in [2.05, 4.69) is 5.32 Å². The van der Waals surface area contributed by atoms with E-state index in [1.807, 2.05) is 31.2 Å². The van der Waals surface area contributed by atoms with Gasteiger partial charge in [-0.1, -0.05) is 24.3 Å². The Morgan fingerprint density at radius 1 is 1.08 bits per heavy atom. The van der Waals surface area contributed by atoms with Gasteiger partial charge in [0, 0.05) is 11.7 Å². The fourth-order valence-corrected chi connectivity index (χ4v) is 3.35. The van der Waals surface area contributed by atoms with Crippen LogP contribution in [0.3, 0.4) is 0 Å². The molecule has 6 nitrogen and oxygen atoms in total. The van der Waals surface area contributed by atoms with Crippen molar-refractivity contribution in [2.24, 2.45) is 0 Å². The molecule has 0 bridgehead atoms. The molecule has 2 aromatic carbocycles. The Balaban J connectivity index is 1.74. The highest BCUT2D eigenvalue weighted by atomic mass is 16.5. The first-order chi connectivity index (χ1) is 12.6. The lowest BCUT2D eigenvalue weighted by Gasteiger charge is -2.23. The van der Waals surface area contributed by atoms with E-state index < -0.39 is 5.91 Å². The maximum atomic E-state index is 12.7. The second-order valence-electron chi connectivity index (χ2n) is 6.17. The molecule has 1 atom stereocenters. The third-order valence-electron chi connectivity index (χ3n) is 4.53. The molecule has 0 spiro atoms. The second kappa shape index (κ2) is 7.47. The number of benzene rings is 2. The SMILES string of the molecule is COc1cccc(OC)c1C(=O)NCC(=O)N1c2ccccc2CC1C. The average molecular weight is 354 g/mol. The van der Waals surface area contributed by atoms with Gasteiger partial charge in [-0.15, -0.1) is 0 Å². The molecule has 0 fully saturated rings. The van der Waals surface area contributed by atoms with Gasteiger partial charge in [-0.25, -0.2) is 0 Å². The van der Waals surface area contributed by atoms with E-state index in [-0.39, 0.29) is 24.1 Å². The highest BCUT2D eigenvalue weighted by molar-refractivity contribution is 6.04. The average Bonchev–Trinajstić information content (AvgIpc) is 3.00. The molecule has 1 N–H and O–H groups in total. The monoisotopic (exact) mass is 354 g/mol. The molecule has 0 saturated heterocycles. The van der Waals surface area contributed by atoms with Gasteiger partial charge < -0.3 is 19.7 Å². The number of nitrogens with zero attached hydrogens (tertiary/aromatic N) is 1. The van der Waals surface area contributed by atoms with Crippen LogP contribution in [0.1, 0.15) is 22.8 Å². The first-order valence-electron chi connectivity index (χ1n) is 8.46. The molecule has 136 valence electrons. The van der Waals surface area contributed by atoms with Gasteiger partial charge in [0.2, 0.25) is 5.91 Å². The molecular weight excluding hydrogens is 332 g/mol. The molecule has 0 saturated carbocycles. The second-order valence-corrected chi connectivity index (χ2v) is 6.17. The number of ether oxygens (including phenoxy) is 2. The van der Waals surface area contributed by atoms with Gasteiger partial charge in [0.15, 0.2) is 0 Å². The van der Waals surface area contributed by atoms with Crippen LogP contribution in [0.5, 0.6) is 11.5 Å². The number of methoxy groups -OCH3 is 2. The standard InChI is InChI=1S/C20H22N2O4/c1-13-11-14-7-4-5-8-15(14)22(13)18(23)12-21-20(24)19-16(25-2)9-6-10-17(19)26-3/h4-10,13H,11-12H2,1-3H3,(H,21,24). The summed E-state index contributed by atoms with van der Waals surface area (Å²) in [6.07, 6.45) is 0.816. The van der Waals surface area contributed by atoms with Crippen molar-refractivity contribution in [2.45, 2.75) is 19.4 Å². The maximum absolute atomic E-state index is 12.7. The molecule has 1 heterocycles. The minimum Gasteiger partial charge on any atom is -0.496 e. The summed E-state index contributed by atoms with van der Waals surface area (Å²) in [6, 6.07) is 13.0. The largest absolute Gasteiger partial charge is 0.496 e. The summed E-state index contributed by atoms with van der Waals surface area (Å²) in [5.74, 6) is 0.237. The van der Waals surface area contributed by atoms with E-state index in [9.17, 15) is 9.59 Å². The molecule has 1 aliphatic rings. The van der Waals surface area contributed by atoms with Crippen molar-refractivity contribution in [1.82, 2.24) is 5.32 Å². The molecule has 26 heavy (non-hydrogen) atoms. The fraction of sp³-hybridized carbons (Fsp3) is 0.300. The van der Waals surface area contributed by atoms with Crippen molar-refractivity contribution in [3.8, 4) is 11.5 Å². The number of fused-ring (bicyclic) bond motifs is 1. The molecule has 0 aromatic heterocycles. The van der Waals surface area contributed by atoms with Gasteiger partial charge >= 0.3 is 0 Å². The Hall–Kier alpha value is -3.02. The Morgan fingerprint density at radius 2 is 1.73 bits per heavy atom. The molecular formula is C20H22N2O4. The van der Waals surface area contributed by atoms with Crippen LogP contribution in [0.4, 0.5) is 5.69 Å². The number of carbonyl (C=O) groups excluding carboxylic acids is 2. The number of hydrogen-bond acceptors (Lipinski definition) is 4. The predicted molar refractivity (Wildman–Crippen MR) is 99.0 cm³/mol. The van der Waals surface area contributed by atoms with Crippen LogP contribution in [0, 0.1) is 0 Å². The van der Waals surface area contributed by atoms with E-state index in [0.717, 1.165) is 17.7 Å². The minimum atomic E-state index is -0.409. The van der Waals surface area contributed by atoms with Gasteiger partial charge in [0.05, 0.1) is 20.8 Å². The zero-order chi connectivity index (χ0) is 18.7. The molecule has 3 rings (SSSR count). The molecule has 1 aliphatic heterocycles. The van der Waals surface area contributed by atoms with Crippen LogP contribution in [-0.4, -0.2) is 38.6 Å². The highest BCUT2D eigenvalue weighted by Crippen LogP contribution is 2.32. The topological polar surface area (TPSA) is 67.9 Å². The predicted octanol–water partition coefficient (Wildman–Crippen LogP) is 2.41. The summed E-state index contributed by atoms with van der Waals surface area (Å²) in [7, 11) is 2.97. The molecule has 2 aromatic rings. The first-order valence-corrected chi connectivity index (χ1v) is 8.46. The fourth-order valence-electron chi connectivity index (χ4n) is 3.35. The Labute approximate surface area is 152 Å². The third-order valence-corrected chi connectivity index (χ3v) is 4.53. The van der Waals surface area contributed by atoms with E-state index in [4.69, 9.17) is 9.47 Å². The van der Waals surface area contributed by atoms with E-state index in [1.54, 1.807) is 23.1 Å². The molecule has 1 unspecified atom stereocenters. The summed E-state index contributed by atoms with van der Waals surface area (Å²) in [6.45, 7) is 1.90. The van der Waals surface area contributed by atoms with Gasteiger partial charge in [-0.2, -0.15) is 0 Å². The highest BCUT2D eigenvalue weighted by Gasteiger charge is 2.30. The maximum Gasteiger partial charge on any atom is 0.259 e. The number of amides is 2. The normalized spacial score (nSPS) is 15.3. The first kappa shape index (κ1) is 17.8. The van der Waals surface area contributed by atoms with Gasteiger partial charge in [-0.05, 0) is 37.1 Å². The number of carbonyl (C=O) groups is 2. The van der Waals surface area contributed by atoms with Crippen LogP contribution >= 0.6 is 0 Å². The molecule has 6 heteroatoms. The summed E-state index contributed by atoms with van der Waals surface area (Å²) >= 11 is 0. The quantitative estimate of drug-likeness (QED) is 0.895. The number of nitrogens with one attached hydrogen (secondary N) is 1. The lowest BCUT2D eigenvalue weighted by Crippen LogP contribution is -2.43. The van der Waals surface area contributed by atoms with E-state index in [1.165, 1.54) is 14.2 Å². The van der Waals surface area contributed by atoms with Gasteiger partial charge in [-0.3, -0.25) is 9.59 Å². The van der Waals surface area contributed by atoms with Crippen LogP contribution in [0.15, 0.2) is 42.5 Å². The number of rotatable bonds is 5. The molecule has 2 amide bonds. The zero-order valence-electron chi connectivity index (χ0n) is 15.1. The molecule has 0 aliphatic carbocycles. The third kappa shape index (κ3) is 3.22. The summed E-state index contributed by atoms with van der Waals surface area (Å²) in [5, 5.41) is 2.69. The zero-order valence-corrected chi connectivity index (χ0v) is 15.1. The number of para-hydroxylation sites is 1. The smallest absolute Gasteiger partial charge is 0.259 e. The van der Waals surface area contributed by atoms with Crippen LogP contribution in [0.25, 0.3) is 0 Å². The minimum absolute atomic E-state index is 0.0672. The van der Waals surface area contributed by atoms with Crippen molar-refractivity contribution in [1.29, 1.82) is 0 Å². The summed E-state index contributed by atoms with van der Waals surface area (Å²) in [5.41, 5.74) is 2.33. The van der Waals surface area contributed by atoms with Crippen molar-refractivity contribution in [3.63, 3.8) is 0 Å². The van der Waals surface area contributed by atoms with Crippen molar-refractivity contribution in [2.75, 3.05) is 25.7 Å². The van der Waals surface area contributed by atoms with Crippen molar-refractivity contribution < 1.29 is 19.1 Å². The van der Waals surface area contributed by atoms with E-state index in [0.29, 0.717) is 11.5 Å². The van der Waals surface area contributed by atoms with Crippen LogP contribution in [0.2, 0.25) is 0 Å². The summed E-state index contributed by atoms with van der Waals surface area (Å²) in [4.78, 5) is 27.1. The van der Waals surface area contributed by atoms with Crippen molar-refractivity contribution >= 4 is 17.5 Å². The van der Waals surface area contributed by atoms with Crippen LogP contribution < -0.4 is 19.7 Å². The number of anilines is 1. The number of hydrogen-bond donors (Lipinski definition) is 1. The Bertz CT molecular complexity index is 812. The van der Waals surface area contributed by atoms with Gasteiger partial charge in [0.1, 0.15) is 17.1 Å². The lowest BCUT2D eigenvalue weighted by atomic mass is 10.1.